The van der Waals surface area contributed by atoms with Crippen molar-refractivity contribution in [2.75, 3.05) is 13.1 Å². The summed E-state index contributed by atoms with van der Waals surface area (Å²) in [4.78, 5) is 7.16. The van der Waals surface area contributed by atoms with Crippen molar-refractivity contribution < 1.29 is 0 Å². The summed E-state index contributed by atoms with van der Waals surface area (Å²) in [6, 6.07) is 12.9. The molecule has 0 bridgehead atoms. The third-order valence-corrected chi connectivity index (χ3v) is 4.74. The first-order valence-corrected chi connectivity index (χ1v) is 7.98. The molecule has 0 amide bonds. The molecule has 1 saturated heterocycles. The van der Waals surface area contributed by atoms with E-state index in [0.717, 1.165) is 30.3 Å². The van der Waals surface area contributed by atoms with Crippen molar-refractivity contribution in [1.82, 2.24) is 19.7 Å². The fourth-order valence-electron chi connectivity index (χ4n) is 2.66. The summed E-state index contributed by atoms with van der Waals surface area (Å²) in [5, 5.41) is 7.58. The van der Waals surface area contributed by atoms with E-state index in [-0.39, 0.29) is 0 Å². The number of rotatable bonds is 4. The van der Waals surface area contributed by atoms with Gasteiger partial charge in [-0.1, -0.05) is 30.3 Å². The molecule has 0 radical (unpaired) electrons. The normalized spacial score (nSPS) is 16.0. The number of benzene rings is 1. The van der Waals surface area contributed by atoms with Crippen LogP contribution in [-0.2, 0) is 6.54 Å². The van der Waals surface area contributed by atoms with Gasteiger partial charge in [0.1, 0.15) is 5.01 Å². The minimum absolute atomic E-state index is 0.521. The van der Waals surface area contributed by atoms with Gasteiger partial charge >= 0.3 is 0 Å². The molecule has 3 heterocycles. The molecule has 106 valence electrons. The van der Waals surface area contributed by atoms with Crippen LogP contribution in [-0.4, -0.2) is 32.8 Å². The van der Waals surface area contributed by atoms with E-state index in [0.29, 0.717) is 6.04 Å². The number of hydrogen-bond acceptors (Lipinski definition) is 4. The second-order valence-corrected chi connectivity index (χ2v) is 6.20. The van der Waals surface area contributed by atoms with Gasteiger partial charge in [0, 0.05) is 43.0 Å². The van der Waals surface area contributed by atoms with Crippen molar-refractivity contribution in [1.29, 1.82) is 0 Å². The van der Waals surface area contributed by atoms with Crippen molar-refractivity contribution in [3.63, 3.8) is 0 Å². The topological polar surface area (TPSA) is 34.0 Å². The molecule has 1 aromatic carbocycles. The van der Waals surface area contributed by atoms with E-state index in [2.05, 4.69) is 39.6 Å². The molecule has 1 fully saturated rings. The highest BCUT2D eigenvalue weighted by Crippen LogP contribution is 2.26. The van der Waals surface area contributed by atoms with Crippen LogP contribution in [0.3, 0.4) is 0 Å². The summed E-state index contributed by atoms with van der Waals surface area (Å²) >= 11 is 1.72. The summed E-state index contributed by atoms with van der Waals surface area (Å²) in [5.74, 6) is 0. The molecule has 4 rings (SSSR count). The van der Waals surface area contributed by atoms with Crippen LogP contribution in [0.1, 0.15) is 11.7 Å². The van der Waals surface area contributed by atoms with Crippen LogP contribution in [0.25, 0.3) is 10.6 Å². The second-order valence-electron chi connectivity index (χ2n) is 5.34. The molecule has 4 nitrogen and oxygen atoms in total. The zero-order valence-corrected chi connectivity index (χ0v) is 12.4. The van der Waals surface area contributed by atoms with Gasteiger partial charge in [0.05, 0.1) is 11.7 Å². The highest BCUT2D eigenvalue weighted by Gasteiger charge is 2.28. The van der Waals surface area contributed by atoms with Gasteiger partial charge in [-0.2, -0.15) is 5.10 Å². The van der Waals surface area contributed by atoms with Gasteiger partial charge in [0.15, 0.2) is 0 Å². The van der Waals surface area contributed by atoms with E-state index in [1.807, 2.05) is 29.2 Å². The molecule has 0 unspecified atom stereocenters. The minimum Gasteiger partial charge on any atom is -0.293 e. The quantitative estimate of drug-likeness (QED) is 0.742. The average Bonchev–Trinajstić information content (AvgIpc) is 3.15. The Hall–Kier alpha value is -1.98. The third-order valence-electron chi connectivity index (χ3n) is 3.79. The fourth-order valence-corrected chi connectivity index (χ4v) is 3.47. The molecule has 3 aromatic rings. The maximum Gasteiger partial charge on any atom is 0.123 e. The molecule has 5 heteroatoms. The Morgan fingerprint density at radius 2 is 2.00 bits per heavy atom. The van der Waals surface area contributed by atoms with Gasteiger partial charge in [-0.3, -0.25) is 9.58 Å². The minimum atomic E-state index is 0.521. The molecule has 21 heavy (non-hydrogen) atoms. The van der Waals surface area contributed by atoms with Crippen LogP contribution in [0.15, 0.2) is 54.2 Å². The maximum atomic E-state index is 4.74. The van der Waals surface area contributed by atoms with Crippen molar-refractivity contribution >= 4 is 11.3 Å². The molecule has 1 aliphatic heterocycles. The van der Waals surface area contributed by atoms with Gasteiger partial charge in [-0.15, -0.1) is 11.3 Å². The molecule has 0 atom stereocenters. The van der Waals surface area contributed by atoms with Gasteiger partial charge in [0.2, 0.25) is 0 Å². The smallest absolute Gasteiger partial charge is 0.123 e. The highest BCUT2D eigenvalue weighted by atomic mass is 32.1. The Bertz CT molecular complexity index is 699. The van der Waals surface area contributed by atoms with Gasteiger partial charge < -0.3 is 0 Å². The van der Waals surface area contributed by atoms with E-state index >= 15 is 0 Å². The van der Waals surface area contributed by atoms with Gasteiger partial charge in [-0.05, 0) is 6.07 Å². The van der Waals surface area contributed by atoms with Gasteiger partial charge in [-0.25, -0.2) is 4.98 Å². The summed E-state index contributed by atoms with van der Waals surface area (Å²) in [5.41, 5.74) is 2.37. The lowest BCUT2D eigenvalue weighted by atomic mass is 10.1. The lowest BCUT2D eigenvalue weighted by Crippen LogP contribution is -2.47. The molecule has 0 saturated carbocycles. The fraction of sp³-hybridized carbons (Fsp3) is 0.250. The lowest BCUT2D eigenvalue weighted by molar-refractivity contribution is 0.0898. The largest absolute Gasteiger partial charge is 0.293 e. The molecular formula is C16H16N4S. The first kappa shape index (κ1) is 12.7. The number of hydrogen-bond donors (Lipinski definition) is 0. The third kappa shape index (κ3) is 2.62. The van der Waals surface area contributed by atoms with Crippen molar-refractivity contribution in [3.8, 4) is 10.6 Å². The van der Waals surface area contributed by atoms with Crippen molar-refractivity contribution in [2.45, 2.75) is 12.6 Å². The van der Waals surface area contributed by atoms with Crippen LogP contribution in [0.2, 0.25) is 0 Å². The first-order valence-electron chi connectivity index (χ1n) is 7.10. The SMILES string of the molecule is c1ccc(-c2nc(CN3CC(n4cccn4)C3)cs2)cc1. The summed E-state index contributed by atoms with van der Waals surface area (Å²) in [7, 11) is 0. The molecule has 1 aliphatic rings. The Kier molecular flexibility index (Phi) is 3.29. The van der Waals surface area contributed by atoms with E-state index in [1.165, 1.54) is 5.56 Å². The Balaban J connectivity index is 1.38. The van der Waals surface area contributed by atoms with E-state index < -0.39 is 0 Å². The molecule has 2 aromatic heterocycles. The lowest BCUT2D eigenvalue weighted by Gasteiger charge is -2.38. The monoisotopic (exact) mass is 296 g/mol. The number of aromatic nitrogens is 3. The number of likely N-dealkylation sites (tertiary alicyclic amines) is 1. The molecule has 0 spiro atoms. The van der Waals surface area contributed by atoms with Crippen LogP contribution < -0.4 is 0 Å². The van der Waals surface area contributed by atoms with E-state index in [9.17, 15) is 0 Å². The van der Waals surface area contributed by atoms with Crippen LogP contribution >= 0.6 is 11.3 Å². The van der Waals surface area contributed by atoms with E-state index in [4.69, 9.17) is 4.98 Å². The van der Waals surface area contributed by atoms with Crippen molar-refractivity contribution in [3.05, 3.63) is 59.9 Å². The summed E-state index contributed by atoms with van der Waals surface area (Å²) < 4.78 is 2.05. The molecule has 0 N–H and O–H groups in total. The maximum absolute atomic E-state index is 4.74. The summed E-state index contributed by atoms with van der Waals surface area (Å²) in [6.45, 7) is 3.04. The Morgan fingerprint density at radius 1 is 1.14 bits per heavy atom. The number of nitrogens with zero attached hydrogens (tertiary/aromatic N) is 4. The van der Waals surface area contributed by atoms with Gasteiger partial charge in [0.25, 0.3) is 0 Å². The molecular weight excluding hydrogens is 280 g/mol. The van der Waals surface area contributed by atoms with Crippen LogP contribution in [0.4, 0.5) is 0 Å². The Labute approximate surface area is 127 Å². The number of thiazole rings is 1. The highest BCUT2D eigenvalue weighted by molar-refractivity contribution is 7.13. The first-order chi connectivity index (χ1) is 10.4. The van der Waals surface area contributed by atoms with Crippen LogP contribution in [0, 0.1) is 0 Å². The predicted octanol–water partition coefficient (Wildman–Crippen LogP) is 3.06. The van der Waals surface area contributed by atoms with Crippen LogP contribution in [0.5, 0.6) is 0 Å². The summed E-state index contributed by atoms with van der Waals surface area (Å²) in [6.07, 6.45) is 3.88. The van der Waals surface area contributed by atoms with E-state index in [1.54, 1.807) is 11.3 Å². The predicted molar refractivity (Wildman–Crippen MR) is 84.1 cm³/mol. The standard InChI is InChI=1S/C16H16N4S/c1-2-5-13(6-3-1)16-18-14(12-21-16)9-19-10-15(11-19)20-8-4-7-17-20/h1-8,12,15H,9-11H2. The zero-order valence-electron chi connectivity index (χ0n) is 11.6. The Morgan fingerprint density at radius 3 is 2.76 bits per heavy atom. The molecule has 0 aliphatic carbocycles. The average molecular weight is 296 g/mol. The zero-order chi connectivity index (χ0) is 14.1. The second kappa shape index (κ2) is 5.42. The van der Waals surface area contributed by atoms with Crippen molar-refractivity contribution in [2.24, 2.45) is 0 Å².